The molecule has 6 nitrogen and oxygen atoms in total. The summed E-state index contributed by atoms with van der Waals surface area (Å²) in [5.41, 5.74) is 1.15. The van der Waals surface area contributed by atoms with E-state index in [0.717, 1.165) is 43.4 Å². The third-order valence-electron chi connectivity index (χ3n) is 4.07. The van der Waals surface area contributed by atoms with Crippen molar-refractivity contribution in [2.75, 3.05) is 55.0 Å². The molecule has 2 heterocycles. The smallest absolute Gasteiger partial charge is 0.224 e. The Bertz CT molecular complexity index is 683. The summed E-state index contributed by atoms with van der Waals surface area (Å²) in [6.07, 6.45) is 3.59. The van der Waals surface area contributed by atoms with Crippen molar-refractivity contribution < 1.29 is 4.74 Å². The van der Waals surface area contributed by atoms with Gasteiger partial charge in [-0.3, -0.25) is 0 Å². The lowest BCUT2D eigenvalue weighted by molar-refractivity contribution is 0.413. The van der Waals surface area contributed by atoms with Gasteiger partial charge in [-0.25, -0.2) is 4.98 Å². The average Bonchev–Trinajstić information content (AvgIpc) is 2.66. The van der Waals surface area contributed by atoms with E-state index in [2.05, 4.69) is 37.7 Å². The number of hydrogen-bond donors (Lipinski definition) is 1. The lowest BCUT2D eigenvalue weighted by atomic mass is 10.2. The van der Waals surface area contributed by atoms with Crippen LogP contribution < -0.4 is 19.9 Å². The van der Waals surface area contributed by atoms with Crippen LogP contribution in [-0.2, 0) is 0 Å². The van der Waals surface area contributed by atoms with E-state index in [0.29, 0.717) is 12.5 Å². The maximum atomic E-state index is 5.47. The molecule has 0 radical (unpaired) electrons. The van der Waals surface area contributed by atoms with Crippen molar-refractivity contribution in [1.29, 1.82) is 0 Å². The van der Waals surface area contributed by atoms with Gasteiger partial charge in [0.05, 0.1) is 12.8 Å². The molecule has 1 aliphatic rings. The molecule has 0 aliphatic carbocycles. The Kier molecular flexibility index (Phi) is 5.15. The zero-order valence-corrected chi connectivity index (χ0v) is 14.0. The maximum absolute atomic E-state index is 5.47. The molecule has 24 heavy (non-hydrogen) atoms. The van der Waals surface area contributed by atoms with Crippen molar-refractivity contribution in [2.24, 2.45) is 0 Å². The highest BCUT2D eigenvalue weighted by molar-refractivity contribution is 5.59. The van der Waals surface area contributed by atoms with Gasteiger partial charge in [0.2, 0.25) is 5.95 Å². The highest BCUT2D eigenvalue weighted by Crippen LogP contribution is 2.28. The third kappa shape index (κ3) is 3.59. The van der Waals surface area contributed by atoms with Crippen LogP contribution in [0.15, 0.2) is 49.2 Å². The second-order valence-corrected chi connectivity index (χ2v) is 5.55. The molecule has 0 saturated carbocycles. The second-order valence-electron chi connectivity index (χ2n) is 5.55. The van der Waals surface area contributed by atoms with Crippen molar-refractivity contribution in [2.45, 2.75) is 0 Å². The maximum Gasteiger partial charge on any atom is 0.224 e. The summed E-state index contributed by atoms with van der Waals surface area (Å²) < 4.78 is 5.47. The van der Waals surface area contributed by atoms with Crippen LogP contribution in [0.3, 0.4) is 0 Å². The topological polar surface area (TPSA) is 53.5 Å². The van der Waals surface area contributed by atoms with Gasteiger partial charge in [0, 0.05) is 38.9 Å². The number of nitrogens with zero attached hydrogens (tertiary/aromatic N) is 4. The van der Waals surface area contributed by atoms with Crippen LogP contribution in [0.1, 0.15) is 0 Å². The number of methoxy groups -OCH3 is 1. The van der Waals surface area contributed by atoms with Crippen LogP contribution in [0.2, 0.25) is 0 Å². The molecule has 1 fully saturated rings. The molecule has 1 aliphatic heterocycles. The first-order chi connectivity index (χ1) is 11.8. The summed E-state index contributed by atoms with van der Waals surface area (Å²) in [4.78, 5) is 13.5. The van der Waals surface area contributed by atoms with E-state index in [4.69, 9.17) is 4.74 Å². The molecular weight excluding hydrogens is 302 g/mol. The zero-order valence-electron chi connectivity index (χ0n) is 14.0. The van der Waals surface area contributed by atoms with Gasteiger partial charge < -0.3 is 19.9 Å². The largest absolute Gasteiger partial charge is 0.495 e. The zero-order chi connectivity index (χ0) is 16.8. The predicted octanol–water partition coefficient (Wildman–Crippen LogP) is 2.41. The molecule has 1 aromatic heterocycles. The molecule has 126 valence electrons. The molecule has 1 aromatic carbocycles. The normalized spacial score (nSPS) is 14.4. The minimum Gasteiger partial charge on any atom is -0.495 e. The summed E-state index contributed by atoms with van der Waals surface area (Å²) in [6.45, 7) is 8.04. The number of piperazine rings is 1. The number of para-hydroxylation sites is 2. The van der Waals surface area contributed by atoms with Crippen molar-refractivity contribution in [3.05, 3.63) is 49.2 Å². The highest BCUT2D eigenvalue weighted by Gasteiger charge is 2.20. The summed E-state index contributed by atoms with van der Waals surface area (Å²) in [5, 5.41) is 3.13. The Balaban J connectivity index is 1.65. The van der Waals surface area contributed by atoms with E-state index in [1.807, 2.05) is 24.3 Å². The lowest BCUT2D eigenvalue weighted by Crippen LogP contribution is -2.47. The van der Waals surface area contributed by atoms with E-state index in [9.17, 15) is 0 Å². The Labute approximate surface area is 142 Å². The van der Waals surface area contributed by atoms with E-state index >= 15 is 0 Å². The SMILES string of the molecule is C=CCNc1nccc(N2CCN(c3ccccc3OC)CC2)n1. The fraction of sp³-hybridized carbons (Fsp3) is 0.333. The Morgan fingerprint density at radius 3 is 2.67 bits per heavy atom. The first kappa shape index (κ1) is 16.1. The molecule has 2 aromatic rings. The predicted molar refractivity (Wildman–Crippen MR) is 98.1 cm³/mol. The van der Waals surface area contributed by atoms with Gasteiger partial charge in [0.1, 0.15) is 11.6 Å². The van der Waals surface area contributed by atoms with Gasteiger partial charge in [0.15, 0.2) is 0 Å². The molecule has 1 saturated heterocycles. The van der Waals surface area contributed by atoms with Gasteiger partial charge in [-0.05, 0) is 18.2 Å². The lowest BCUT2D eigenvalue weighted by Gasteiger charge is -2.37. The minimum atomic E-state index is 0.638. The fourth-order valence-electron chi connectivity index (χ4n) is 2.84. The molecule has 1 N–H and O–H groups in total. The standard InChI is InChI=1S/C18H23N5O/c1-3-9-19-18-20-10-8-17(21-18)23-13-11-22(12-14-23)15-6-4-5-7-16(15)24-2/h3-8,10H,1,9,11-14H2,2H3,(H,19,20,21). The second kappa shape index (κ2) is 7.68. The molecule has 3 rings (SSSR count). The van der Waals surface area contributed by atoms with Crippen LogP contribution in [-0.4, -0.2) is 49.8 Å². The molecular formula is C18H23N5O. The Hall–Kier alpha value is -2.76. The van der Waals surface area contributed by atoms with Crippen molar-refractivity contribution in [1.82, 2.24) is 9.97 Å². The van der Waals surface area contributed by atoms with Crippen LogP contribution in [0, 0.1) is 0 Å². The molecule has 0 bridgehead atoms. The minimum absolute atomic E-state index is 0.638. The first-order valence-corrected chi connectivity index (χ1v) is 8.12. The summed E-state index contributed by atoms with van der Waals surface area (Å²) in [7, 11) is 1.72. The van der Waals surface area contributed by atoms with E-state index in [1.165, 1.54) is 0 Å². The van der Waals surface area contributed by atoms with E-state index in [1.54, 1.807) is 19.4 Å². The van der Waals surface area contributed by atoms with Crippen molar-refractivity contribution >= 4 is 17.5 Å². The van der Waals surface area contributed by atoms with Crippen LogP contribution in [0.25, 0.3) is 0 Å². The molecule has 0 unspecified atom stereocenters. The Morgan fingerprint density at radius 1 is 1.17 bits per heavy atom. The van der Waals surface area contributed by atoms with Gasteiger partial charge in [-0.1, -0.05) is 18.2 Å². The highest BCUT2D eigenvalue weighted by atomic mass is 16.5. The molecule has 0 amide bonds. The number of aromatic nitrogens is 2. The van der Waals surface area contributed by atoms with E-state index in [-0.39, 0.29) is 0 Å². The van der Waals surface area contributed by atoms with Crippen LogP contribution in [0.5, 0.6) is 5.75 Å². The number of ether oxygens (including phenoxy) is 1. The van der Waals surface area contributed by atoms with Crippen LogP contribution in [0.4, 0.5) is 17.5 Å². The van der Waals surface area contributed by atoms with Gasteiger partial charge >= 0.3 is 0 Å². The van der Waals surface area contributed by atoms with Gasteiger partial charge in [-0.2, -0.15) is 4.98 Å². The van der Waals surface area contributed by atoms with Gasteiger partial charge in [0.25, 0.3) is 0 Å². The summed E-state index contributed by atoms with van der Waals surface area (Å²) in [5.74, 6) is 2.51. The average molecular weight is 325 g/mol. The Morgan fingerprint density at radius 2 is 1.92 bits per heavy atom. The molecule has 6 heteroatoms. The van der Waals surface area contributed by atoms with Crippen LogP contribution >= 0.6 is 0 Å². The quantitative estimate of drug-likeness (QED) is 0.823. The monoisotopic (exact) mass is 325 g/mol. The first-order valence-electron chi connectivity index (χ1n) is 8.12. The van der Waals surface area contributed by atoms with Crippen molar-refractivity contribution in [3.8, 4) is 5.75 Å². The molecule has 0 atom stereocenters. The summed E-state index contributed by atoms with van der Waals surface area (Å²) >= 11 is 0. The summed E-state index contributed by atoms with van der Waals surface area (Å²) in [6, 6.07) is 10.1. The number of rotatable bonds is 6. The fourth-order valence-corrected chi connectivity index (χ4v) is 2.84. The third-order valence-corrected chi connectivity index (χ3v) is 4.07. The number of hydrogen-bond acceptors (Lipinski definition) is 6. The van der Waals surface area contributed by atoms with Gasteiger partial charge in [-0.15, -0.1) is 6.58 Å². The molecule has 0 spiro atoms. The number of anilines is 3. The van der Waals surface area contributed by atoms with Crippen molar-refractivity contribution in [3.63, 3.8) is 0 Å². The van der Waals surface area contributed by atoms with E-state index < -0.39 is 0 Å². The number of benzene rings is 1. The number of nitrogens with one attached hydrogen (secondary N) is 1.